The molecule has 19 heavy (non-hydrogen) atoms. The molecule has 1 heterocycles. The van der Waals surface area contributed by atoms with E-state index in [1.807, 2.05) is 30.3 Å². The third-order valence-corrected chi connectivity index (χ3v) is 4.36. The van der Waals surface area contributed by atoms with Crippen molar-refractivity contribution in [1.29, 1.82) is 0 Å². The highest BCUT2D eigenvalue weighted by Crippen LogP contribution is 2.32. The van der Waals surface area contributed by atoms with E-state index in [4.69, 9.17) is 10.8 Å². The molecular weight excluding hydrogens is 264 g/mol. The van der Waals surface area contributed by atoms with Crippen molar-refractivity contribution in [1.82, 2.24) is 4.90 Å². The molecule has 0 spiro atoms. The first-order valence-electron chi connectivity index (χ1n) is 6.00. The maximum absolute atomic E-state index is 12.0. The van der Waals surface area contributed by atoms with Crippen LogP contribution in [0.2, 0.25) is 0 Å². The van der Waals surface area contributed by atoms with E-state index in [2.05, 4.69) is 0 Å². The van der Waals surface area contributed by atoms with E-state index >= 15 is 0 Å². The number of thioether (sulfide) groups is 1. The second-order valence-corrected chi connectivity index (χ2v) is 5.69. The van der Waals surface area contributed by atoms with E-state index < -0.39 is 12.0 Å². The van der Waals surface area contributed by atoms with Crippen LogP contribution in [0.15, 0.2) is 30.3 Å². The number of carbonyl (C=O) groups excluding carboxylic acids is 1. The van der Waals surface area contributed by atoms with Crippen molar-refractivity contribution >= 4 is 23.6 Å². The Hall–Kier alpha value is -1.53. The van der Waals surface area contributed by atoms with Crippen LogP contribution < -0.4 is 5.73 Å². The van der Waals surface area contributed by atoms with E-state index in [1.54, 1.807) is 11.8 Å². The Morgan fingerprint density at radius 1 is 1.42 bits per heavy atom. The van der Waals surface area contributed by atoms with Gasteiger partial charge in [0.2, 0.25) is 5.91 Å². The zero-order chi connectivity index (χ0) is 13.8. The van der Waals surface area contributed by atoms with E-state index in [9.17, 15) is 9.59 Å². The standard InChI is InChI=1S/C13H16N2O3S/c14-10-8-19-11(9-4-2-1-3-5-9)6-15(13(10)18)7-12(16)17/h1-5,10-11H,6-8,14H2,(H,16,17)/t10?,11-/m0/s1. The van der Waals surface area contributed by atoms with Crippen LogP contribution in [0.25, 0.3) is 0 Å². The lowest BCUT2D eigenvalue weighted by Crippen LogP contribution is -2.46. The first kappa shape index (κ1) is 13.9. The number of nitrogens with two attached hydrogens (primary N) is 1. The molecule has 3 N–H and O–H groups in total. The van der Waals surface area contributed by atoms with Gasteiger partial charge >= 0.3 is 5.97 Å². The van der Waals surface area contributed by atoms with Gasteiger partial charge in [-0.2, -0.15) is 0 Å². The van der Waals surface area contributed by atoms with Crippen molar-refractivity contribution in [3.05, 3.63) is 35.9 Å². The van der Waals surface area contributed by atoms with Crippen LogP contribution in [0.4, 0.5) is 0 Å². The first-order chi connectivity index (χ1) is 9.08. The summed E-state index contributed by atoms with van der Waals surface area (Å²) in [6.07, 6.45) is 0. The summed E-state index contributed by atoms with van der Waals surface area (Å²) in [5, 5.41) is 8.94. The van der Waals surface area contributed by atoms with Crippen LogP contribution in [0.5, 0.6) is 0 Å². The number of carboxylic acids is 1. The van der Waals surface area contributed by atoms with E-state index in [-0.39, 0.29) is 17.7 Å². The summed E-state index contributed by atoms with van der Waals surface area (Å²) in [7, 11) is 0. The van der Waals surface area contributed by atoms with Crippen LogP contribution >= 0.6 is 11.8 Å². The van der Waals surface area contributed by atoms with Crippen LogP contribution in [0.3, 0.4) is 0 Å². The number of rotatable bonds is 3. The zero-order valence-electron chi connectivity index (χ0n) is 10.4. The second-order valence-electron chi connectivity index (χ2n) is 4.45. The lowest BCUT2D eigenvalue weighted by molar-refractivity contribution is -0.144. The van der Waals surface area contributed by atoms with E-state index in [0.29, 0.717) is 12.3 Å². The highest BCUT2D eigenvalue weighted by atomic mass is 32.2. The average molecular weight is 280 g/mol. The Kier molecular flexibility index (Phi) is 4.44. The van der Waals surface area contributed by atoms with E-state index in [1.165, 1.54) is 4.90 Å². The normalized spacial score (nSPS) is 24.1. The molecule has 1 amide bonds. The molecule has 102 valence electrons. The van der Waals surface area contributed by atoms with E-state index in [0.717, 1.165) is 5.56 Å². The minimum absolute atomic E-state index is 0.0676. The second kappa shape index (κ2) is 6.08. The fourth-order valence-corrected chi connectivity index (χ4v) is 3.26. The number of benzene rings is 1. The molecule has 0 bridgehead atoms. The summed E-state index contributed by atoms with van der Waals surface area (Å²) in [6, 6.07) is 9.14. The smallest absolute Gasteiger partial charge is 0.323 e. The van der Waals surface area contributed by atoms with Gasteiger partial charge in [0.1, 0.15) is 6.54 Å². The Morgan fingerprint density at radius 3 is 2.74 bits per heavy atom. The summed E-state index contributed by atoms with van der Waals surface area (Å²) in [4.78, 5) is 24.2. The lowest BCUT2D eigenvalue weighted by Gasteiger charge is -2.23. The topological polar surface area (TPSA) is 83.6 Å². The number of hydrogen-bond donors (Lipinski definition) is 2. The van der Waals surface area contributed by atoms with Crippen molar-refractivity contribution in [2.75, 3.05) is 18.8 Å². The van der Waals surface area contributed by atoms with Crippen molar-refractivity contribution in [3.8, 4) is 0 Å². The maximum atomic E-state index is 12.0. The number of hydrogen-bond acceptors (Lipinski definition) is 4. The Labute approximate surface area is 115 Å². The van der Waals surface area contributed by atoms with Gasteiger partial charge in [-0.1, -0.05) is 30.3 Å². The molecular formula is C13H16N2O3S. The van der Waals surface area contributed by atoms with Gasteiger partial charge in [-0.25, -0.2) is 0 Å². The Morgan fingerprint density at radius 2 is 2.11 bits per heavy atom. The van der Waals surface area contributed by atoms with Crippen LogP contribution in [0.1, 0.15) is 10.8 Å². The molecule has 1 aromatic carbocycles. The molecule has 2 rings (SSSR count). The number of amides is 1. The lowest BCUT2D eigenvalue weighted by atomic mass is 10.1. The first-order valence-corrected chi connectivity index (χ1v) is 7.05. The molecule has 1 unspecified atom stereocenters. The fourth-order valence-electron chi connectivity index (χ4n) is 2.04. The molecule has 0 radical (unpaired) electrons. The summed E-state index contributed by atoms with van der Waals surface area (Å²) < 4.78 is 0. The maximum Gasteiger partial charge on any atom is 0.323 e. The third kappa shape index (κ3) is 3.48. The fraction of sp³-hybridized carbons (Fsp3) is 0.385. The van der Waals surface area contributed by atoms with Crippen LogP contribution in [-0.2, 0) is 9.59 Å². The third-order valence-electron chi connectivity index (χ3n) is 2.99. The molecule has 1 saturated heterocycles. The largest absolute Gasteiger partial charge is 0.480 e. The summed E-state index contributed by atoms with van der Waals surface area (Å²) in [5.41, 5.74) is 6.87. The monoisotopic (exact) mass is 280 g/mol. The van der Waals surface area contributed by atoms with Crippen molar-refractivity contribution in [2.45, 2.75) is 11.3 Å². The van der Waals surface area contributed by atoms with Gasteiger partial charge in [-0.05, 0) is 5.56 Å². The Balaban J connectivity index is 2.19. The van der Waals surface area contributed by atoms with Crippen molar-refractivity contribution < 1.29 is 14.7 Å². The number of nitrogens with zero attached hydrogens (tertiary/aromatic N) is 1. The van der Waals surface area contributed by atoms with Gasteiger partial charge in [-0.3, -0.25) is 9.59 Å². The highest BCUT2D eigenvalue weighted by molar-refractivity contribution is 7.99. The zero-order valence-corrected chi connectivity index (χ0v) is 11.2. The molecule has 1 aliphatic heterocycles. The number of carbonyl (C=O) groups is 2. The minimum Gasteiger partial charge on any atom is -0.480 e. The summed E-state index contributed by atoms with van der Waals surface area (Å²) >= 11 is 1.60. The molecule has 1 aromatic rings. The number of aliphatic carboxylic acids is 1. The molecule has 5 nitrogen and oxygen atoms in total. The molecule has 1 aliphatic rings. The summed E-state index contributed by atoms with van der Waals surface area (Å²) in [5.74, 6) is -0.790. The van der Waals surface area contributed by atoms with Gasteiger partial charge < -0.3 is 15.7 Å². The molecule has 0 aromatic heterocycles. The average Bonchev–Trinajstić information content (AvgIpc) is 2.53. The number of carboxylic acid groups (broad SMARTS) is 1. The van der Waals surface area contributed by atoms with Crippen molar-refractivity contribution in [2.24, 2.45) is 5.73 Å². The highest BCUT2D eigenvalue weighted by Gasteiger charge is 2.30. The molecule has 6 heteroatoms. The van der Waals surface area contributed by atoms with Gasteiger partial charge in [0.05, 0.1) is 6.04 Å². The van der Waals surface area contributed by atoms with Crippen molar-refractivity contribution in [3.63, 3.8) is 0 Å². The quantitative estimate of drug-likeness (QED) is 0.852. The predicted molar refractivity (Wildman–Crippen MR) is 73.8 cm³/mol. The molecule has 2 atom stereocenters. The minimum atomic E-state index is -1.01. The van der Waals surface area contributed by atoms with Gasteiger partial charge in [0.25, 0.3) is 0 Å². The van der Waals surface area contributed by atoms with Crippen LogP contribution in [0, 0.1) is 0 Å². The SMILES string of the molecule is NC1CS[C@H](c2ccccc2)CN(CC(=O)O)C1=O. The summed E-state index contributed by atoms with van der Waals surface area (Å²) in [6.45, 7) is 0.0872. The molecule has 0 aliphatic carbocycles. The van der Waals surface area contributed by atoms with Gasteiger partial charge in [0, 0.05) is 17.5 Å². The van der Waals surface area contributed by atoms with Gasteiger partial charge in [0.15, 0.2) is 0 Å². The molecule has 0 saturated carbocycles. The predicted octanol–water partition coefficient (Wildman–Crippen LogP) is 0.715. The Bertz CT molecular complexity index is 466. The van der Waals surface area contributed by atoms with Gasteiger partial charge in [-0.15, -0.1) is 11.8 Å². The molecule has 1 fully saturated rings. The van der Waals surface area contributed by atoms with Crippen LogP contribution in [-0.4, -0.2) is 46.8 Å².